The van der Waals surface area contributed by atoms with Gasteiger partial charge in [-0.3, -0.25) is 4.79 Å². The number of nitrogens with one attached hydrogen (secondary N) is 1. The highest BCUT2D eigenvalue weighted by atomic mass is 16.1. The molecule has 3 rings (SSSR count). The Balaban J connectivity index is 1.51. The summed E-state index contributed by atoms with van der Waals surface area (Å²) in [7, 11) is 0. The van der Waals surface area contributed by atoms with Gasteiger partial charge in [-0.25, -0.2) is 4.98 Å². The molecule has 20 heavy (non-hydrogen) atoms. The molecule has 1 aromatic heterocycles. The maximum atomic E-state index is 12.0. The molecule has 1 aromatic rings. The Bertz CT molecular complexity index is 538. The summed E-state index contributed by atoms with van der Waals surface area (Å²) in [6.07, 6.45) is 9.50. The van der Waals surface area contributed by atoms with Crippen molar-refractivity contribution in [2.75, 3.05) is 6.54 Å². The van der Waals surface area contributed by atoms with Gasteiger partial charge in [0, 0.05) is 12.7 Å². The lowest BCUT2D eigenvalue weighted by Gasteiger charge is -2.22. The van der Waals surface area contributed by atoms with Gasteiger partial charge in [-0.2, -0.15) is 5.26 Å². The quantitative estimate of drug-likeness (QED) is 0.917. The molecule has 2 fully saturated rings. The van der Waals surface area contributed by atoms with Crippen LogP contribution < -0.4 is 5.32 Å². The molecule has 0 bridgehead atoms. The van der Waals surface area contributed by atoms with E-state index >= 15 is 0 Å². The van der Waals surface area contributed by atoms with Gasteiger partial charge >= 0.3 is 0 Å². The average Bonchev–Trinajstić information content (AvgIpc) is 3.17. The Kier molecular flexibility index (Phi) is 3.43. The van der Waals surface area contributed by atoms with Crippen LogP contribution in [0.15, 0.2) is 18.3 Å². The van der Waals surface area contributed by atoms with Crippen molar-refractivity contribution in [1.29, 1.82) is 5.26 Å². The summed E-state index contributed by atoms with van der Waals surface area (Å²) < 4.78 is 0. The normalized spacial score (nSPS) is 23.1. The smallest absolute Gasteiger partial charge is 0.252 e. The number of nitriles is 1. The van der Waals surface area contributed by atoms with Crippen LogP contribution in [-0.2, 0) is 0 Å². The zero-order chi connectivity index (χ0) is 14.0. The molecule has 2 aliphatic carbocycles. The second kappa shape index (κ2) is 5.24. The summed E-state index contributed by atoms with van der Waals surface area (Å²) >= 11 is 0. The molecule has 1 unspecified atom stereocenters. The number of amides is 1. The fourth-order valence-corrected chi connectivity index (χ4v) is 3.50. The number of carbonyl (C=O) groups excluding carboxylic acids is 1. The van der Waals surface area contributed by atoms with Crippen LogP contribution in [0.2, 0.25) is 0 Å². The van der Waals surface area contributed by atoms with Crippen LogP contribution in [0.1, 0.15) is 54.6 Å². The van der Waals surface area contributed by atoms with E-state index in [4.69, 9.17) is 5.26 Å². The van der Waals surface area contributed by atoms with Crippen LogP contribution in [0.4, 0.5) is 0 Å². The van der Waals surface area contributed by atoms with Crippen LogP contribution >= 0.6 is 0 Å². The molecule has 1 amide bonds. The van der Waals surface area contributed by atoms with Crippen molar-refractivity contribution in [3.63, 3.8) is 0 Å². The number of hydrogen-bond acceptors (Lipinski definition) is 3. The van der Waals surface area contributed by atoms with Crippen molar-refractivity contribution >= 4 is 5.91 Å². The minimum absolute atomic E-state index is 0.0835. The minimum atomic E-state index is -0.0835. The Morgan fingerprint density at radius 3 is 2.85 bits per heavy atom. The first-order chi connectivity index (χ1) is 9.73. The summed E-state index contributed by atoms with van der Waals surface area (Å²) in [4.78, 5) is 15.9. The molecule has 1 N–H and O–H groups in total. The second-order valence-electron chi connectivity index (χ2n) is 6.08. The molecule has 1 heterocycles. The van der Waals surface area contributed by atoms with Crippen LogP contribution in [0.3, 0.4) is 0 Å². The van der Waals surface area contributed by atoms with Gasteiger partial charge in [0.15, 0.2) is 0 Å². The first-order valence-electron chi connectivity index (χ1n) is 7.38. The number of carbonyl (C=O) groups is 1. The Labute approximate surface area is 119 Å². The molecule has 0 aliphatic heterocycles. The molecular weight excluding hydrogens is 250 g/mol. The molecule has 104 valence electrons. The van der Waals surface area contributed by atoms with Crippen molar-refractivity contribution in [2.45, 2.75) is 38.5 Å². The summed E-state index contributed by atoms with van der Waals surface area (Å²) in [6.45, 7) is 0.777. The molecule has 1 atom stereocenters. The van der Waals surface area contributed by atoms with Gasteiger partial charge < -0.3 is 5.32 Å². The predicted molar refractivity (Wildman–Crippen MR) is 74.9 cm³/mol. The van der Waals surface area contributed by atoms with E-state index in [0.29, 0.717) is 22.6 Å². The first-order valence-corrected chi connectivity index (χ1v) is 7.38. The first kappa shape index (κ1) is 13.1. The molecular formula is C16H19N3O. The molecule has 0 saturated heterocycles. The molecule has 2 saturated carbocycles. The largest absolute Gasteiger partial charge is 0.352 e. The monoisotopic (exact) mass is 269 g/mol. The SMILES string of the molecule is N#Cc1ccc(C(=O)NCC2CC23CCCCC3)cn1. The van der Waals surface area contributed by atoms with E-state index in [0.717, 1.165) is 6.54 Å². The number of nitrogens with zero attached hydrogens (tertiary/aromatic N) is 2. The van der Waals surface area contributed by atoms with Crippen molar-refractivity contribution in [3.8, 4) is 6.07 Å². The summed E-state index contributed by atoms with van der Waals surface area (Å²) in [5, 5.41) is 11.7. The van der Waals surface area contributed by atoms with E-state index in [2.05, 4.69) is 10.3 Å². The topological polar surface area (TPSA) is 65.8 Å². The van der Waals surface area contributed by atoms with Gasteiger partial charge in [0.25, 0.3) is 5.91 Å². The van der Waals surface area contributed by atoms with Crippen LogP contribution in [0.25, 0.3) is 0 Å². The van der Waals surface area contributed by atoms with E-state index in [1.807, 2.05) is 6.07 Å². The lowest BCUT2D eigenvalue weighted by molar-refractivity contribution is 0.0949. The van der Waals surface area contributed by atoms with Crippen LogP contribution in [0, 0.1) is 22.7 Å². The third-order valence-corrected chi connectivity index (χ3v) is 4.86. The lowest BCUT2D eigenvalue weighted by Crippen LogP contribution is -2.27. The van der Waals surface area contributed by atoms with E-state index in [1.165, 1.54) is 44.7 Å². The van der Waals surface area contributed by atoms with Crippen molar-refractivity contribution in [1.82, 2.24) is 10.3 Å². The van der Waals surface area contributed by atoms with Gasteiger partial charge in [0.1, 0.15) is 11.8 Å². The summed E-state index contributed by atoms with van der Waals surface area (Å²) in [5.74, 6) is 0.581. The number of rotatable bonds is 3. The maximum Gasteiger partial charge on any atom is 0.252 e. The molecule has 0 aromatic carbocycles. The summed E-state index contributed by atoms with van der Waals surface area (Å²) in [6, 6.07) is 5.18. The third kappa shape index (κ3) is 2.53. The van der Waals surface area contributed by atoms with Gasteiger partial charge in [-0.1, -0.05) is 19.3 Å². The zero-order valence-corrected chi connectivity index (χ0v) is 11.6. The third-order valence-electron chi connectivity index (χ3n) is 4.86. The molecule has 4 nitrogen and oxygen atoms in total. The van der Waals surface area contributed by atoms with E-state index in [1.54, 1.807) is 12.1 Å². The highest BCUT2D eigenvalue weighted by molar-refractivity contribution is 5.93. The van der Waals surface area contributed by atoms with Gasteiger partial charge in [-0.15, -0.1) is 0 Å². The molecule has 0 radical (unpaired) electrons. The Morgan fingerprint density at radius 1 is 1.40 bits per heavy atom. The Hall–Kier alpha value is -1.89. The van der Waals surface area contributed by atoms with Crippen molar-refractivity contribution in [2.24, 2.45) is 11.3 Å². The number of hydrogen-bond donors (Lipinski definition) is 1. The van der Waals surface area contributed by atoms with E-state index < -0.39 is 0 Å². The number of aromatic nitrogens is 1. The molecule has 2 aliphatic rings. The predicted octanol–water partition coefficient (Wildman–Crippen LogP) is 2.65. The standard InChI is InChI=1S/C16H19N3O/c17-9-14-5-4-12(10-18-14)15(20)19-11-13-8-16(13)6-2-1-3-7-16/h4-5,10,13H,1-3,6-8,11H2,(H,19,20). The minimum Gasteiger partial charge on any atom is -0.352 e. The molecule has 1 spiro atoms. The Morgan fingerprint density at radius 2 is 2.20 bits per heavy atom. The van der Waals surface area contributed by atoms with Gasteiger partial charge in [0.05, 0.1) is 5.56 Å². The highest BCUT2D eigenvalue weighted by Crippen LogP contribution is 2.60. The fraction of sp³-hybridized carbons (Fsp3) is 0.562. The molecule has 4 heteroatoms. The van der Waals surface area contributed by atoms with Crippen LogP contribution in [-0.4, -0.2) is 17.4 Å². The lowest BCUT2D eigenvalue weighted by atomic mass is 9.84. The second-order valence-corrected chi connectivity index (χ2v) is 6.08. The van der Waals surface area contributed by atoms with Gasteiger partial charge in [-0.05, 0) is 42.7 Å². The van der Waals surface area contributed by atoms with Crippen molar-refractivity contribution < 1.29 is 4.79 Å². The average molecular weight is 269 g/mol. The summed E-state index contributed by atoms with van der Waals surface area (Å²) in [5.41, 5.74) is 1.42. The zero-order valence-electron chi connectivity index (χ0n) is 11.6. The maximum absolute atomic E-state index is 12.0. The van der Waals surface area contributed by atoms with E-state index in [-0.39, 0.29) is 5.91 Å². The highest BCUT2D eigenvalue weighted by Gasteiger charge is 2.53. The fourth-order valence-electron chi connectivity index (χ4n) is 3.50. The van der Waals surface area contributed by atoms with Gasteiger partial charge in [0.2, 0.25) is 0 Å². The van der Waals surface area contributed by atoms with E-state index in [9.17, 15) is 4.79 Å². The van der Waals surface area contributed by atoms with Crippen molar-refractivity contribution in [3.05, 3.63) is 29.6 Å². The van der Waals surface area contributed by atoms with Crippen LogP contribution in [0.5, 0.6) is 0 Å². The number of pyridine rings is 1.